The fraction of sp³-hybridized carbons (Fsp3) is 0.500. The summed E-state index contributed by atoms with van der Waals surface area (Å²) in [6.07, 6.45) is 6.50. The van der Waals surface area contributed by atoms with E-state index in [4.69, 9.17) is 23.8 Å². The number of rotatable bonds is 10. The number of aliphatic carboxylic acids is 1. The predicted octanol–water partition coefficient (Wildman–Crippen LogP) is 7.85. The number of aromatic nitrogens is 1. The molecule has 1 aromatic heterocycles. The van der Waals surface area contributed by atoms with Crippen LogP contribution in [0, 0.1) is 16.6 Å². The largest absolute Gasteiger partial charge is 0.497 e. The predicted molar refractivity (Wildman–Crippen MR) is 150 cm³/mol. The summed E-state index contributed by atoms with van der Waals surface area (Å²) in [6.45, 7) is 8.95. The first-order valence-electron chi connectivity index (χ1n) is 13.9. The van der Waals surface area contributed by atoms with Crippen molar-refractivity contribution in [3.8, 4) is 28.6 Å². The molecule has 0 aliphatic heterocycles. The highest BCUT2D eigenvalue weighted by atomic mass is 19.1. The van der Waals surface area contributed by atoms with Gasteiger partial charge in [-0.15, -0.1) is 0 Å². The van der Waals surface area contributed by atoms with E-state index < -0.39 is 11.8 Å². The molecular weight excluding hydrogens is 513 g/mol. The molecule has 0 spiro atoms. The highest BCUT2D eigenvalue weighted by molar-refractivity contribution is 5.68. The Kier molecular flexibility index (Phi) is 9.06. The number of aryl methyl sites for hydroxylation is 1. The van der Waals surface area contributed by atoms with Gasteiger partial charge in [-0.1, -0.05) is 64.2 Å². The number of hydrogen-bond acceptors (Lipinski definition) is 6. The summed E-state index contributed by atoms with van der Waals surface area (Å²) >= 11 is 0. The maximum Gasteiger partial charge on any atom is 0.303 e. The highest BCUT2D eigenvalue weighted by Crippen LogP contribution is 2.53. The van der Waals surface area contributed by atoms with Gasteiger partial charge >= 0.3 is 5.97 Å². The van der Waals surface area contributed by atoms with Gasteiger partial charge < -0.3 is 23.8 Å². The van der Waals surface area contributed by atoms with Crippen LogP contribution in [0.15, 0.2) is 47.0 Å². The van der Waals surface area contributed by atoms with Gasteiger partial charge in [-0.05, 0) is 66.0 Å². The number of benzene rings is 2. The standard InChI is InChI=1S/C29H34FNO6.C3H6/c1-28(2)15-21(16-29(28,3)4)36-27-24(17-35-20-8-6-7-18(13-20)9-12-25(32)33)31-37-26(27)22-14-19(34-5)10-11-23(22)30;1-2-3-1/h6-8,10-11,13-14,21H,9,12,15-17H2,1-5H3,(H,32,33);1-3H2. The second-order valence-corrected chi connectivity index (χ2v) is 11.9. The molecule has 0 unspecified atom stereocenters. The van der Waals surface area contributed by atoms with Crippen LogP contribution in [0.5, 0.6) is 17.2 Å². The van der Waals surface area contributed by atoms with Gasteiger partial charge in [0.2, 0.25) is 5.76 Å². The Labute approximate surface area is 235 Å². The molecule has 0 saturated heterocycles. The zero-order valence-electron chi connectivity index (χ0n) is 24.1. The van der Waals surface area contributed by atoms with Crippen molar-refractivity contribution >= 4 is 5.97 Å². The number of ether oxygens (including phenoxy) is 3. The number of carboxylic acid groups (broad SMARTS) is 1. The first kappa shape index (κ1) is 29.4. The van der Waals surface area contributed by atoms with Gasteiger partial charge in [0, 0.05) is 6.42 Å². The number of methoxy groups -OCH3 is 1. The molecule has 8 heteroatoms. The number of halogens is 1. The first-order chi connectivity index (χ1) is 19.0. The van der Waals surface area contributed by atoms with Crippen molar-refractivity contribution in [3.63, 3.8) is 0 Å². The molecule has 0 amide bonds. The summed E-state index contributed by atoms with van der Waals surface area (Å²) in [4.78, 5) is 10.9. The molecule has 0 atom stereocenters. The molecular formula is C32H40FNO6. The summed E-state index contributed by atoms with van der Waals surface area (Å²) < 4.78 is 38.3. The van der Waals surface area contributed by atoms with E-state index >= 15 is 0 Å². The van der Waals surface area contributed by atoms with Crippen LogP contribution in [0.3, 0.4) is 0 Å². The van der Waals surface area contributed by atoms with Crippen LogP contribution in [-0.2, 0) is 17.8 Å². The maximum atomic E-state index is 14.9. The molecule has 3 aromatic rings. The van der Waals surface area contributed by atoms with Crippen LogP contribution in [0.2, 0.25) is 0 Å². The van der Waals surface area contributed by atoms with Gasteiger partial charge in [0.05, 0.1) is 12.7 Å². The van der Waals surface area contributed by atoms with Gasteiger partial charge in [0.15, 0.2) is 11.4 Å². The second-order valence-electron chi connectivity index (χ2n) is 11.9. The van der Waals surface area contributed by atoms with Gasteiger partial charge in [0.1, 0.15) is 30.0 Å². The van der Waals surface area contributed by atoms with Crippen LogP contribution in [0.25, 0.3) is 11.3 Å². The number of nitrogens with zero attached hydrogens (tertiary/aromatic N) is 1. The van der Waals surface area contributed by atoms with Crippen molar-refractivity contribution in [3.05, 3.63) is 59.5 Å². The lowest BCUT2D eigenvalue weighted by Gasteiger charge is -2.33. The Morgan fingerprint density at radius 2 is 1.75 bits per heavy atom. The van der Waals surface area contributed by atoms with Gasteiger partial charge in [-0.3, -0.25) is 4.79 Å². The average molecular weight is 554 g/mol. The quantitative estimate of drug-likeness (QED) is 0.273. The van der Waals surface area contributed by atoms with Crippen molar-refractivity contribution in [2.75, 3.05) is 7.11 Å². The maximum absolute atomic E-state index is 14.9. The highest BCUT2D eigenvalue weighted by Gasteiger charge is 2.48. The van der Waals surface area contributed by atoms with Crippen LogP contribution >= 0.6 is 0 Å². The third kappa shape index (κ3) is 7.34. The lowest BCUT2D eigenvalue weighted by atomic mass is 9.71. The van der Waals surface area contributed by atoms with Crippen molar-refractivity contribution in [1.82, 2.24) is 5.16 Å². The monoisotopic (exact) mass is 553 g/mol. The zero-order chi connectivity index (χ0) is 28.9. The molecule has 7 nitrogen and oxygen atoms in total. The molecule has 2 saturated carbocycles. The van der Waals surface area contributed by atoms with Crippen molar-refractivity contribution < 1.29 is 33.0 Å². The van der Waals surface area contributed by atoms with Crippen LogP contribution in [0.4, 0.5) is 4.39 Å². The van der Waals surface area contributed by atoms with Crippen LogP contribution < -0.4 is 14.2 Å². The van der Waals surface area contributed by atoms with Crippen molar-refractivity contribution in [2.24, 2.45) is 10.8 Å². The van der Waals surface area contributed by atoms with E-state index in [2.05, 4.69) is 32.9 Å². The number of hydrogen-bond donors (Lipinski definition) is 1. The Morgan fingerprint density at radius 3 is 2.38 bits per heavy atom. The molecule has 5 rings (SSSR count). The minimum Gasteiger partial charge on any atom is -0.497 e. The zero-order valence-corrected chi connectivity index (χ0v) is 24.1. The minimum absolute atomic E-state index is 0.0340. The van der Waals surface area contributed by atoms with Gasteiger partial charge in [-0.25, -0.2) is 4.39 Å². The molecule has 0 radical (unpaired) electrons. The lowest BCUT2D eigenvalue weighted by Crippen LogP contribution is -2.25. The topological polar surface area (TPSA) is 91.0 Å². The smallest absolute Gasteiger partial charge is 0.303 e. The van der Waals surface area contributed by atoms with E-state index in [0.717, 1.165) is 18.4 Å². The van der Waals surface area contributed by atoms with E-state index in [9.17, 15) is 9.18 Å². The third-order valence-corrected chi connectivity index (χ3v) is 7.98. The molecule has 1 N–H and O–H groups in total. The number of carboxylic acids is 1. The SMILES string of the molecule is C1CC1.COc1ccc(F)c(-c2onc(COc3cccc(CCC(=O)O)c3)c2OC2CC(C)(C)C(C)(C)C2)c1. The van der Waals surface area contributed by atoms with E-state index in [0.29, 0.717) is 29.4 Å². The molecule has 2 aliphatic rings. The molecule has 0 bridgehead atoms. The summed E-state index contributed by atoms with van der Waals surface area (Å²) in [7, 11) is 1.52. The third-order valence-electron chi connectivity index (χ3n) is 7.98. The Hall–Kier alpha value is -3.55. The normalized spacial score (nSPS) is 17.1. The summed E-state index contributed by atoms with van der Waals surface area (Å²) in [5.41, 5.74) is 1.58. The van der Waals surface area contributed by atoms with Crippen LogP contribution in [0.1, 0.15) is 77.5 Å². The molecule has 2 aromatic carbocycles. The molecule has 2 fully saturated rings. The fourth-order valence-electron chi connectivity index (χ4n) is 4.71. The van der Waals surface area contributed by atoms with Gasteiger partial charge in [0.25, 0.3) is 0 Å². The Morgan fingerprint density at radius 1 is 1.05 bits per heavy atom. The van der Waals surface area contributed by atoms with Crippen molar-refractivity contribution in [1.29, 1.82) is 0 Å². The molecule has 216 valence electrons. The lowest BCUT2D eigenvalue weighted by molar-refractivity contribution is -0.136. The summed E-state index contributed by atoms with van der Waals surface area (Å²) in [5.74, 6) is 0.256. The molecule has 40 heavy (non-hydrogen) atoms. The van der Waals surface area contributed by atoms with E-state index in [1.54, 1.807) is 24.3 Å². The number of carbonyl (C=O) groups is 1. The second kappa shape index (κ2) is 12.3. The van der Waals surface area contributed by atoms with E-state index in [1.165, 1.54) is 32.4 Å². The van der Waals surface area contributed by atoms with E-state index in [1.807, 2.05) is 12.1 Å². The minimum atomic E-state index is -0.855. The summed E-state index contributed by atoms with van der Waals surface area (Å²) in [5, 5.41) is 13.1. The first-order valence-corrected chi connectivity index (χ1v) is 13.9. The van der Waals surface area contributed by atoms with E-state index in [-0.39, 0.29) is 41.3 Å². The average Bonchev–Trinajstić information content (AvgIpc) is 3.71. The fourth-order valence-corrected chi connectivity index (χ4v) is 4.71. The van der Waals surface area contributed by atoms with Crippen LogP contribution in [-0.4, -0.2) is 29.4 Å². The van der Waals surface area contributed by atoms with Gasteiger partial charge in [-0.2, -0.15) is 0 Å². The summed E-state index contributed by atoms with van der Waals surface area (Å²) in [6, 6.07) is 11.7. The molecule has 1 heterocycles. The van der Waals surface area contributed by atoms with Crippen molar-refractivity contribution in [2.45, 2.75) is 85.4 Å². The Balaban J connectivity index is 0.00000115. The molecule has 2 aliphatic carbocycles. The Bertz CT molecular complexity index is 1290.